The topological polar surface area (TPSA) is 83.6 Å². The van der Waals surface area contributed by atoms with Gasteiger partial charge in [-0.25, -0.2) is 4.79 Å². The summed E-state index contributed by atoms with van der Waals surface area (Å²) in [6.45, 7) is 0.457. The van der Waals surface area contributed by atoms with E-state index in [1.54, 1.807) is 6.07 Å². The summed E-state index contributed by atoms with van der Waals surface area (Å²) in [6, 6.07) is 3.82. The molecule has 5 nitrogen and oxygen atoms in total. The highest BCUT2D eigenvalue weighted by molar-refractivity contribution is 6.33. The zero-order valence-corrected chi connectivity index (χ0v) is 10.4. The molecule has 2 rings (SSSR count). The second-order valence-corrected chi connectivity index (χ2v) is 4.64. The summed E-state index contributed by atoms with van der Waals surface area (Å²) >= 11 is 5.78. The first-order valence-electron chi connectivity index (χ1n) is 5.59. The van der Waals surface area contributed by atoms with Crippen LogP contribution in [-0.2, 0) is 4.79 Å². The first-order valence-corrected chi connectivity index (χ1v) is 5.97. The number of carbonyl (C=O) groups excluding carboxylic acids is 1. The molecule has 1 atom stereocenters. The van der Waals surface area contributed by atoms with Crippen LogP contribution in [-0.4, -0.2) is 34.5 Å². The van der Waals surface area contributed by atoms with Gasteiger partial charge in [-0.05, 0) is 31.0 Å². The summed E-state index contributed by atoms with van der Waals surface area (Å²) in [6.07, 6.45) is 1.19. The standard InChI is InChI=1S/C12H13ClN2O3/c13-8-4-3-7(6-9(8)14)11(16)15-5-1-2-10(15)12(17)18/h3-4,6,10H,1-2,5,14H2,(H,17,18)/t10-/m0/s1. The monoisotopic (exact) mass is 268 g/mol. The fourth-order valence-corrected chi connectivity index (χ4v) is 2.23. The van der Waals surface area contributed by atoms with E-state index < -0.39 is 12.0 Å². The fraction of sp³-hybridized carbons (Fsp3) is 0.333. The number of carbonyl (C=O) groups is 2. The molecule has 0 unspecified atom stereocenters. The molecule has 1 aliphatic heterocycles. The molecule has 96 valence electrons. The quantitative estimate of drug-likeness (QED) is 0.798. The van der Waals surface area contributed by atoms with E-state index in [1.165, 1.54) is 17.0 Å². The van der Waals surface area contributed by atoms with Crippen molar-refractivity contribution in [3.8, 4) is 0 Å². The van der Waals surface area contributed by atoms with E-state index >= 15 is 0 Å². The van der Waals surface area contributed by atoms with Gasteiger partial charge in [-0.2, -0.15) is 0 Å². The molecule has 1 amide bonds. The number of anilines is 1. The molecule has 6 heteroatoms. The van der Waals surface area contributed by atoms with Crippen molar-refractivity contribution in [2.24, 2.45) is 0 Å². The number of likely N-dealkylation sites (tertiary alicyclic amines) is 1. The number of benzene rings is 1. The third-order valence-electron chi connectivity index (χ3n) is 3.04. The summed E-state index contributed by atoms with van der Waals surface area (Å²) in [5.74, 6) is -1.29. The highest BCUT2D eigenvalue weighted by Gasteiger charge is 2.34. The molecule has 0 radical (unpaired) electrons. The molecule has 18 heavy (non-hydrogen) atoms. The second kappa shape index (κ2) is 4.86. The molecule has 0 bridgehead atoms. The lowest BCUT2D eigenvalue weighted by Gasteiger charge is -2.21. The number of halogens is 1. The molecule has 1 saturated heterocycles. The summed E-state index contributed by atoms with van der Waals surface area (Å²) in [7, 11) is 0. The number of carboxylic acids is 1. The molecule has 3 N–H and O–H groups in total. The average Bonchev–Trinajstić information content (AvgIpc) is 2.81. The molecule has 0 spiro atoms. The van der Waals surface area contributed by atoms with Gasteiger partial charge in [0.15, 0.2) is 0 Å². The summed E-state index contributed by atoms with van der Waals surface area (Å²) in [5, 5.41) is 9.42. The molecular weight excluding hydrogens is 256 g/mol. The van der Waals surface area contributed by atoms with Crippen molar-refractivity contribution in [2.75, 3.05) is 12.3 Å². The Morgan fingerprint density at radius 1 is 1.44 bits per heavy atom. The van der Waals surface area contributed by atoms with Crippen LogP contribution in [0.15, 0.2) is 18.2 Å². The van der Waals surface area contributed by atoms with Crippen LogP contribution in [0.2, 0.25) is 5.02 Å². The predicted molar refractivity (Wildman–Crippen MR) is 67.6 cm³/mol. The zero-order valence-electron chi connectivity index (χ0n) is 9.60. The van der Waals surface area contributed by atoms with Gasteiger partial charge in [0.2, 0.25) is 0 Å². The lowest BCUT2D eigenvalue weighted by Crippen LogP contribution is -2.40. The number of nitrogen functional groups attached to an aromatic ring is 1. The normalized spacial score (nSPS) is 18.9. The number of rotatable bonds is 2. The molecule has 1 aromatic rings. The second-order valence-electron chi connectivity index (χ2n) is 4.23. The van der Waals surface area contributed by atoms with Crippen LogP contribution in [0.4, 0.5) is 5.69 Å². The van der Waals surface area contributed by atoms with E-state index in [1.807, 2.05) is 0 Å². The summed E-state index contributed by atoms with van der Waals surface area (Å²) in [5.41, 5.74) is 6.31. The van der Waals surface area contributed by atoms with Gasteiger partial charge in [0.25, 0.3) is 5.91 Å². The van der Waals surface area contributed by atoms with Crippen LogP contribution >= 0.6 is 11.6 Å². The lowest BCUT2D eigenvalue weighted by molar-refractivity contribution is -0.141. The molecule has 1 fully saturated rings. The number of aliphatic carboxylic acids is 1. The van der Waals surface area contributed by atoms with Gasteiger partial charge in [0.1, 0.15) is 6.04 Å². The van der Waals surface area contributed by atoms with Crippen molar-refractivity contribution in [3.63, 3.8) is 0 Å². The predicted octanol–water partition coefficient (Wildman–Crippen LogP) is 1.61. The minimum atomic E-state index is -0.970. The van der Waals surface area contributed by atoms with Crippen LogP contribution in [0.1, 0.15) is 23.2 Å². The van der Waals surface area contributed by atoms with E-state index in [0.717, 1.165) is 0 Å². The number of carboxylic acid groups (broad SMARTS) is 1. The minimum Gasteiger partial charge on any atom is -0.480 e. The Morgan fingerprint density at radius 2 is 2.17 bits per heavy atom. The minimum absolute atomic E-state index is 0.314. The number of amides is 1. The fourth-order valence-electron chi connectivity index (χ4n) is 2.11. The molecule has 1 aliphatic rings. The van der Waals surface area contributed by atoms with Gasteiger partial charge in [-0.1, -0.05) is 11.6 Å². The first kappa shape index (κ1) is 12.7. The molecule has 1 heterocycles. The van der Waals surface area contributed by atoms with Gasteiger partial charge >= 0.3 is 5.97 Å². The SMILES string of the molecule is Nc1cc(C(=O)N2CCC[C@H]2C(=O)O)ccc1Cl. The molecular formula is C12H13ClN2O3. The maximum atomic E-state index is 12.2. The van der Waals surface area contributed by atoms with Crippen LogP contribution in [0.5, 0.6) is 0 Å². The van der Waals surface area contributed by atoms with Crippen LogP contribution in [0.3, 0.4) is 0 Å². The van der Waals surface area contributed by atoms with Crippen molar-refractivity contribution < 1.29 is 14.7 Å². The van der Waals surface area contributed by atoms with Gasteiger partial charge < -0.3 is 15.7 Å². The van der Waals surface area contributed by atoms with Crippen molar-refractivity contribution in [2.45, 2.75) is 18.9 Å². The maximum Gasteiger partial charge on any atom is 0.326 e. The Kier molecular flexibility index (Phi) is 3.43. The number of nitrogens with two attached hydrogens (primary N) is 1. The number of hydrogen-bond acceptors (Lipinski definition) is 3. The largest absolute Gasteiger partial charge is 0.480 e. The van der Waals surface area contributed by atoms with E-state index in [2.05, 4.69) is 0 Å². The lowest BCUT2D eigenvalue weighted by atomic mass is 10.1. The third kappa shape index (κ3) is 2.26. The van der Waals surface area contributed by atoms with Crippen molar-refractivity contribution in [3.05, 3.63) is 28.8 Å². The van der Waals surface area contributed by atoms with Crippen LogP contribution in [0, 0.1) is 0 Å². The molecule has 0 aliphatic carbocycles. The summed E-state index contributed by atoms with van der Waals surface area (Å²) in [4.78, 5) is 24.6. The Labute approximate surface area is 109 Å². The van der Waals surface area contributed by atoms with Crippen molar-refractivity contribution in [1.82, 2.24) is 4.90 Å². The first-order chi connectivity index (χ1) is 8.50. The van der Waals surface area contributed by atoms with Crippen LogP contribution < -0.4 is 5.73 Å². The number of hydrogen-bond donors (Lipinski definition) is 2. The van der Waals surface area contributed by atoms with E-state index in [4.69, 9.17) is 22.4 Å². The van der Waals surface area contributed by atoms with Gasteiger partial charge in [-0.3, -0.25) is 4.79 Å². The average molecular weight is 269 g/mol. The van der Waals surface area contributed by atoms with Gasteiger partial charge in [0.05, 0.1) is 10.7 Å². The smallest absolute Gasteiger partial charge is 0.326 e. The molecule has 1 aromatic carbocycles. The number of nitrogens with zero attached hydrogens (tertiary/aromatic N) is 1. The Bertz CT molecular complexity index is 504. The summed E-state index contributed by atoms with van der Waals surface area (Å²) < 4.78 is 0. The highest BCUT2D eigenvalue weighted by atomic mass is 35.5. The Hall–Kier alpha value is -1.75. The van der Waals surface area contributed by atoms with E-state index in [9.17, 15) is 9.59 Å². The third-order valence-corrected chi connectivity index (χ3v) is 3.39. The highest BCUT2D eigenvalue weighted by Crippen LogP contribution is 2.24. The van der Waals surface area contributed by atoms with Crippen molar-refractivity contribution >= 4 is 29.2 Å². The molecule has 0 saturated carbocycles. The van der Waals surface area contributed by atoms with Gasteiger partial charge in [-0.15, -0.1) is 0 Å². The van der Waals surface area contributed by atoms with E-state index in [-0.39, 0.29) is 5.91 Å². The van der Waals surface area contributed by atoms with Gasteiger partial charge in [0, 0.05) is 12.1 Å². The van der Waals surface area contributed by atoms with Crippen LogP contribution in [0.25, 0.3) is 0 Å². The zero-order chi connectivity index (χ0) is 13.3. The maximum absolute atomic E-state index is 12.2. The Balaban J connectivity index is 2.25. The Morgan fingerprint density at radius 3 is 2.78 bits per heavy atom. The van der Waals surface area contributed by atoms with Crippen molar-refractivity contribution in [1.29, 1.82) is 0 Å². The van der Waals surface area contributed by atoms with E-state index in [0.29, 0.717) is 35.7 Å². The molecule has 0 aromatic heterocycles.